The van der Waals surface area contributed by atoms with Gasteiger partial charge in [-0.3, -0.25) is 0 Å². The molecule has 0 bridgehead atoms. The van der Waals surface area contributed by atoms with Crippen LogP contribution in [-0.4, -0.2) is 19.7 Å². The van der Waals surface area contributed by atoms with Gasteiger partial charge < -0.3 is 10.1 Å². The molecule has 4 heteroatoms. The van der Waals surface area contributed by atoms with E-state index in [1.807, 2.05) is 11.3 Å². The van der Waals surface area contributed by atoms with Crippen molar-refractivity contribution in [3.8, 4) is 5.75 Å². The average molecular weight is 324 g/mol. The summed E-state index contributed by atoms with van der Waals surface area (Å²) in [7, 11) is 1.76. The summed E-state index contributed by atoms with van der Waals surface area (Å²) in [6, 6.07) is 11.4. The normalized spacial score (nSPS) is 16.9. The van der Waals surface area contributed by atoms with Gasteiger partial charge in [-0.05, 0) is 54.3 Å². The van der Waals surface area contributed by atoms with E-state index in [1.165, 1.54) is 22.4 Å². The standard InChI is InChI=1S/C17H21NOS.ClH/c1-19-17-6-2-4-13-12-14(7-8-16(13)17)18-10-9-15-5-3-11-20-15;/h2-6,11,14,18H,7-10,12H2,1H3;1H. The van der Waals surface area contributed by atoms with Gasteiger partial charge in [0.15, 0.2) is 0 Å². The van der Waals surface area contributed by atoms with Gasteiger partial charge >= 0.3 is 0 Å². The quantitative estimate of drug-likeness (QED) is 0.902. The molecule has 21 heavy (non-hydrogen) atoms. The number of thiophene rings is 1. The Morgan fingerprint density at radius 2 is 2.19 bits per heavy atom. The van der Waals surface area contributed by atoms with E-state index < -0.39 is 0 Å². The third kappa shape index (κ3) is 4.00. The van der Waals surface area contributed by atoms with Crippen molar-refractivity contribution in [3.05, 3.63) is 51.7 Å². The van der Waals surface area contributed by atoms with E-state index in [4.69, 9.17) is 4.74 Å². The highest BCUT2D eigenvalue weighted by atomic mass is 35.5. The number of benzene rings is 1. The molecule has 1 aliphatic carbocycles. The Labute approximate surface area is 136 Å². The van der Waals surface area contributed by atoms with E-state index in [2.05, 4.69) is 41.0 Å². The highest BCUT2D eigenvalue weighted by Crippen LogP contribution is 2.29. The molecule has 2 nitrogen and oxygen atoms in total. The summed E-state index contributed by atoms with van der Waals surface area (Å²) in [6.07, 6.45) is 4.59. The number of rotatable bonds is 5. The summed E-state index contributed by atoms with van der Waals surface area (Å²) in [4.78, 5) is 1.47. The maximum Gasteiger partial charge on any atom is 0.122 e. The average Bonchev–Trinajstić information content (AvgIpc) is 2.99. The zero-order chi connectivity index (χ0) is 13.8. The van der Waals surface area contributed by atoms with Gasteiger partial charge in [-0.15, -0.1) is 23.7 Å². The van der Waals surface area contributed by atoms with Crippen LogP contribution in [0.25, 0.3) is 0 Å². The van der Waals surface area contributed by atoms with Crippen molar-refractivity contribution in [2.45, 2.75) is 31.7 Å². The van der Waals surface area contributed by atoms with Crippen molar-refractivity contribution in [2.24, 2.45) is 0 Å². The van der Waals surface area contributed by atoms with Gasteiger partial charge in [0.25, 0.3) is 0 Å². The first kappa shape index (κ1) is 16.3. The highest BCUT2D eigenvalue weighted by molar-refractivity contribution is 7.09. The van der Waals surface area contributed by atoms with E-state index in [1.54, 1.807) is 7.11 Å². The molecule has 0 saturated carbocycles. The summed E-state index contributed by atoms with van der Waals surface area (Å²) in [5.74, 6) is 1.06. The van der Waals surface area contributed by atoms with E-state index in [0.29, 0.717) is 6.04 Å². The molecule has 1 aromatic carbocycles. The Morgan fingerprint density at radius 1 is 1.29 bits per heavy atom. The number of halogens is 1. The fourth-order valence-corrected chi connectivity index (χ4v) is 3.70. The number of hydrogen-bond acceptors (Lipinski definition) is 3. The van der Waals surface area contributed by atoms with E-state index in [-0.39, 0.29) is 12.4 Å². The van der Waals surface area contributed by atoms with Gasteiger partial charge in [-0.25, -0.2) is 0 Å². The Kier molecular flexibility index (Phi) is 6.09. The van der Waals surface area contributed by atoms with Crippen LogP contribution in [-0.2, 0) is 19.3 Å². The third-order valence-electron chi connectivity index (χ3n) is 4.04. The maximum absolute atomic E-state index is 5.46. The number of methoxy groups -OCH3 is 1. The van der Waals surface area contributed by atoms with E-state index in [0.717, 1.165) is 31.6 Å². The first-order valence-electron chi connectivity index (χ1n) is 7.27. The molecule has 1 aliphatic rings. The molecule has 1 atom stereocenters. The Bertz CT molecular complexity index is 556. The third-order valence-corrected chi connectivity index (χ3v) is 4.98. The fourth-order valence-electron chi connectivity index (χ4n) is 2.99. The summed E-state index contributed by atoms with van der Waals surface area (Å²) in [6.45, 7) is 1.07. The van der Waals surface area contributed by atoms with Crippen LogP contribution < -0.4 is 10.1 Å². The van der Waals surface area contributed by atoms with Crippen LogP contribution in [0.3, 0.4) is 0 Å². The first-order chi connectivity index (χ1) is 9.86. The van der Waals surface area contributed by atoms with E-state index >= 15 is 0 Å². The molecule has 1 aromatic heterocycles. The van der Waals surface area contributed by atoms with Gasteiger partial charge in [0.2, 0.25) is 0 Å². The van der Waals surface area contributed by atoms with Gasteiger partial charge in [0, 0.05) is 17.5 Å². The van der Waals surface area contributed by atoms with Crippen molar-refractivity contribution in [1.82, 2.24) is 5.32 Å². The SMILES string of the molecule is COc1cccc2c1CCC(NCCc1cccs1)C2.Cl. The fraction of sp³-hybridized carbons (Fsp3) is 0.412. The molecule has 1 heterocycles. The van der Waals surface area contributed by atoms with Gasteiger partial charge in [0.05, 0.1) is 7.11 Å². The molecular formula is C17H22ClNOS. The Hall–Kier alpha value is -1.03. The summed E-state index contributed by atoms with van der Waals surface area (Å²) < 4.78 is 5.46. The summed E-state index contributed by atoms with van der Waals surface area (Å²) in [5, 5.41) is 5.86. The predicted octanol–water partition coefficient (Wildman–Crippen LogP) is 3.87. The lowest BCUT2D eigenvalue weighted by molar-refractivity contribution is 0.397. The van der Waals surface area contributed by atoms with Gasteiger partial charge in [0.1, 0.15) is 5.75 Å². The van der Waals surface area contributed by atoms with Crippen LogP contribution in [0.1, 0.15) is 22.4 Å². The van der Waals surface area contributed by atoms with Gasteiger partial charge in [-0.2, -0.15) is 0 Å². The molecule has 2 aromatic rings. The minimum absolute atomic E-state index is 0. The second kappa shape index (κ2) is 7.83. The zero-order valence-electron chi connectivity index (χ0n) is 12.3. The molecule has 0 amide bonds. The second-order valence-electron chi connectivity index (χ2n) is 5.32. The second-order valence-corrected chi connectivity index (χ2v) is 6.35. The summed E-state index contributed by atoms with van der Waals surface area (Å²) in [5.41, 5.74) is 2.86. The molecule has 3 rings (SSSR count). The predicted molar refractivity (Wildman–Crippen MR) is 92.1 cm³/mol. The van der Waals surface area contributed by atoms with Crippen LogP contribution in [0.4, 0.5) is 0 Å². The molecule has 0 saturated heterocycles. The molecular weight excluding hydrogens is 302 g/mol. The van der Waals surface area contributed by atoms with Crippen LogP contribution in [0.15, 0.2) is 35.7 Å². The zero-order valence-corrected chi connectivity index (χ0v) is 13.9. The molecule has 1 N–H and O–H groups in total. The molecule has 0 radical (unpaired) electrons. The number of hydrogen-bond donors (Lipinski definition) is 1. The summed E-state index contributed by atoms with van der Waals surface area (Å²) >= 11 is 1.85. The highest BCUT2D eigenvalue weighted by Gasteiger charge is 2.20. The molecule has 1 unspecified atom stereocenters. The lowest BCUT2D eigenvalue weighted by Crippen LogP contribution is -2.35. The minimum atomic E-state index is 0. The molecule has 0 fully saturated rings. The smallest absolute Gasteiger partial charge is 0.122 e. The molecule has 114 valence electrons. The molecule has 0 aliphatic heterocycles. The van der Waals surface area contributed by atoms with Crippen molar-refractivity contribution < 1.29 is 4.74 Å². The number of ether oxygens (including phenoxy) is 1. The Balaban J connectivity index is 0.00000161. The van der Waals surface area contributed by atoms with Crippen molar-refractivity contribution in [2.75, 3.05) is 13.7 Å². The lowest BCUT2D eigenvalue weighted by Gasteiger charge is -2.26. The van der Waals surface area contributed by atoms with Crippen molar-refractivity contribution in [1.29, 1.82) is 0 Å². The number of fused-ring (bicyclic) bond motifs is 1. The topological polar surface area (TPSA) is 21.3 Å². The molecule has 0 spiro atoms. The van der Waals surface area contributed by atoms with Crippen molar-refractivity contribution >= 4 is 23.7 Å². The minimum Gasteiger partial charge on any atom is -0.496 e. The first-order valence-corrected chi connectivity index (χ1v) is 8.15. The van der Waals surface area contributed by atoms with Crippen LogP contribution in [0.2, 0.25) is 0 Å². The van der Waals surface area contributed by atoms with Crippen LogP contribution in [0, 0.1) is 0 Å². The maximum atomic E-state index is 5.46. The van der Waals surface area contributed by atoms with Gasteiger partial charge in [-0.1, -0.05) is 18.2 Å². The lowest BCUT2D eigenvalue weighted by atomic mass is 9.87. The van der Waals surface area contributed by atoms with Crippen LogP contribution >= 0.6 is 23.7 Å². The number of nitrogens with one attached hydrogen (secondary N) is 1. The van der Waals surface area contributed by atoms with Crippen molar-refractivity contribution in [3.63, 3.8) is 0 Å². The Morgan fingerprint density at radius 3 is 2.95 bits per heavy atom. The van der Waals surface area contributed by atoms with Crippen LogP contribution in [0.5, 0.6) is 5.75 Å². The van der Waals surface area contributed by atoms with E-state index in [9.17, 15) is 0 Å². The largest absolute Gasteiger partial charge is 0.496 e. The monoisotopic (exact) mass is 323 g/mol.